The first-order chi connectivity index (χ1) is 11.3. The number of halogens is 1. The van der Waals surface area contributed by atoms with E-state index in [-0.39, 0.29) is 0 Å². The van der Waals surface area contributed by atoms with Gasteiger partial charge >= 0.3 is 0 Å². The highest BCUT2D eigenvalue weighted by Gasteiger charge is 2.22. The predicted octanol–water partition coefficient (Wildman–Crippen LogP) is 2.83. The van der Waals surface area contributed by atoms with Crippen LogP contribution in [-0.2, 0) is 0 Å². The van der Waals surface area contributed by atoms with Crippen molar-refractivity contribution in [2.75, 3.05) is 31.7 Å². The van der Waals surface area contributed by atoms with E-state index in [1.54, 1.807) is 37.7 Å². The van der Waals surface area contributed by atoms with Crippen LogP contribution in [0.4, 0.5) is 5.95 Å². The van der Waals surface area contributed by atoms with Crippen molar-refractivity contribution in [2.24, 2.45) is 5.92 Å². The van der Waals surface area contributed by atoms with Crippen molar-refractivity contribution in [3.8, 4) is 11.8 Å². The van der Waals surface area contributed by atoms with Crippen LogP contribution < -0.4 is 14.4 Å². The Balaban J connectivity index is 1.51. The molecule has 6 nitrogen and oxygen atoms in total. The molecule has 1 aliphatic heterocycles. The van der Waals surface area contributed by atoms with Crippen LogP contribution in [0.2, 0.25) is 5.02 Å². The lowest BCUT2D eigenvalue weighted by atomic mass is 9.98. The molecule has 0 N–H and O–H groups in total. The van der Waals surface area contributed by atoms with Gasteiger partial charge in [-0.2, -0.15) is 4.98 Å². The van der Waals surface area contributed by atoms with Gasteiger partial charge in [0.05, 0.1) is 13.7 Å². The normalized spacial score (nSPS) is 15.5. The molecule has 3 heterocycles. The Morgan fingerprint density at radius 3 is 2.78 bits per heavy atom. The summed E-state index contributed by atoms with van der Waals surface area (Å²) in [5.41, 5.74) is 0. The Bertz CT molecular complexity index is 647. The minimum absolute atomic E-state index is 0.481. The maximum absolute atomic E-state index is 6.05. The first-order valence-corrected chi connectivity index (χ1v) is 7.99. The summed E-state index contributed by atoms with van der Waals surface area (Å²) in [4.78, 5) is 15.0. The minimum Gasteiger partial charge on any atom is -0.481 e. The van der Waals surface area contributed by atoms with Gasteiger partial charge in [-0.25, -0.2) is 9.97 Å². The highest BCUT2D eigenvalue weighted by atomic mass is 35.5. The van der Waals surface area contributed by atoms with Gasteiger partial charge in [0.15, 0.2) is 0 Å². The van der Waals surface area contributed by atoms with Gasteiger partial charge in [-0.1, -0.05) is 11.6 Å². The summed E-state index contributed by atoms with van der Waals surface area (Å²) in [5, 5.41) is 0.551. The summed E-state index contributed by atoms with van der Waals surface area (Å²) in [7, 11) is 1.61. The van der Waals surface area contributed by atoms with Crippen molar-refractivity contribution >= 4 is 17.5 Å². The Labute approximate surface area is 140 Å². The number of rotatable bonds is 5. The molecule has 23 heavy (non-hydrogen) atoms. The third-order valence-corrected chi connectivity index (χ3v) is 4.19. The lowest BCUT2D eigenvalue weighted by Gasteiger charge is -2.31. The molecular formula is C16H19ClN4O2. The summed E-state index contributed by atoms with van der Waals surface area (Å²) in [6, 6.07) is 5.33. The lowest BCUT2D eigenvalue weighted by molar-refractivity contribution is 0.216. The summed E-state index contributed by atoms with van der Waals surface area (Å²) in [6.45, 7) is 2.43. The van der Waals surface area contributed by atoms with Gasteiger partial charge in [-0.05, 0) is 30.9 Å². The van der Waals surface area contributed by atoms with Gasteiger partial charge in [0.25, 0.3) is 0 Å². The lowest BCUT2D eigenvalue weighted by Crippen LogP contribution is -2.36. The number of piperidine rings is 1. The zero-order chi connectivity index (χ0) is 16.1. The van der Waals surface area contributed by atoms with Crippen LogP contribution in [0.1, 0.15) is 12.8 Å². The van der Waals surface area contributed by atoms with E-state index in [1.807, 2.05) is 0 Å². The van der Waals surface area contributed by atoms with Gasteiger partial charge in [0.2, 0.25) is 17.7 Å². The van der Waals surface area contributed by atoms with E-state index < -0.39 is 0 Å². The number of pyridine rings is 1. The van der Waals surface area contributed by atoms with Crippen LogP contribution in [0, 0.1) is 5.92 Å². The average Bonchev–Trinajstić information content (AvgIpc) is 2.61. The van der Waals surface area contributed by atoms with Crippen molar-refractivity contribution in [1.82, 2.24) is 15.0 Å². The van der Waals surface area contributed by atoms with Crippen molar-refractivity contribution in [3.05, 3.63) is 35.6 Å². The van der Waals surface area contributed by atoms with Crippen LogP contribution in [0.25, 0.3) is 0 Å². The first kappa shape index (κ1) is 15.8. The van der Waals surface area contributed by atoms with Gasteiger partial charge in [0, 0.05) is 31.5 Å². The molecule has 0 amide bonds. The Morgan fingerprint density at radius 2 is 2.04 bits per heavy atom. The van der Waals surface area contributed by atoms with Crippen molar-refractivity contribution in [1.29, 1.82) is 0 Å². The monoisotopic (exact) mass is 334 g/mol. The van der Waals surface area contributed by atoms with E-state index >= 15 is 0 Å². The maximum Gasteiger partial charge on any atom is 0.232 e. The third-order valence-electron chi connectivity index (χ3n) is 3.90. The molecule has 0 spiro atoms. The third kappa shape index (κ3) is 4.01. The SMILES string of the molecule is COc1ccnc(N2CCC(COc3ncccc3Cl)CC2)n1. The number of methoxy groups -OCH3 is 1. The zero-order valence-electron chi connectivity index (χ0n) is 13.0. The first-order valence-electron chi connectivity index (χ1n) is 7.61. The number of hydrogen-bond acceptors (Lipinski definition) is 6. The van der Waals surface area contributed by atoms with Crippen LogP contribution in [0.3, 0.4) is 0 Å². The largest absolute Gasteiger partial charge is 0.481 e. The molecule has 0 bridgehead atoms. The van der Waals surface area contributed by atoms with Crippen LogP contribution in [-0.4, -0.2) is 41.8 Å². The molecule has 2 aromatic heterocycles. The maximum atomic E-state index is 6.05. The second kappa shape index (κ2) is 7.46. The molecule has 0 atom stereocenters. The molecule has 3 rings (SSSR count). The number of hydrogen-bond donors (Lipinski definition) is 0. The Morgan fingerprint density at radius 1 is 1.22 bits per heavy atom. The second-order valence-corrected chi connectivity index (χ2v) is 5.84. The van der Waals surface area contributed by atoms with Gasteiger partial charge in [0.1, 0.15) is 5.02 Å². The van der Waals surface area contributed by atoms with Gasteiger partial charge in [-0.3, -0.25) is 0 Å². The van der Waals surface area contributed by atoms with E-state index in [2.05, 4.69) is 19.9 Å². The number of anilines is 1. The summed E-state index contributed by atoms with van der Waals surface area (Å²) < 4.78 is 10.9. The smallest absolute Gasteiger partial charge is 0.232 e. The van der Waals surface area contributed by atoms with Crippen molar-refractivity contribution in [2.45, 2.75) is 12.8 Å². The highest BCUT2D eigenvalue weighted by Crippen LogP contribution is 2.25. The molecule has 0 radical (unpaired) electrons. The summed E-state index contributed by atoms with van der Waals surface area (Å²) in [5.74, 6) is 2.30. The van der Waals surface area contributed by atoms with E-state index in [0.717, 1.165) is 31.9 Å². The zero-order valence-corrected chi connectivity index (χ0v) is 13.7. The van der Waals surface area contributed by atoms with Gasteiger partial charge in [-0.15, -0.1) is 0 Å². The van der Waals surface area contributed by atoms with Gasteiger partial charge < -0.3 is 14.4 Å². The van der Waals surface area contributed by atoms with E-state index in [0.29, 0.717) is 29.3 Å². The number of nitrogens with zero attached hydrogens (tertiary/aromatic N) is 4. The van der Waals surface area contributed by atoms with E-state index in [1.165, 1.54) is 0 Å². The molecule has 0 aromatic carbocycles. The Kier molecular flexibility index (Phi) is 5.12. The second-order valence-electron chi connectivity index (χ2n) is 5.43. The van der Waals surface area contributed by atoms with Crippen molar-refractivity contribution < 1.29 is 9.47 Å². The van der Waals surface area contributed by atoms with Crippen molar-refractivity contribution in [3.63, 3.8) is 0 Å². The molecule has 1 saturated heterocycles. The molecule has 1 aliphatic rings. The molecule has 2 aromatic rings. The number of ether oxygens (including phenoxy) is 2. The molecule has 1 fully saturated rings. The number of aromatic nitrogens is 3. The summed E-state index contributed by atoms with van der Waals surface area (Å²) >= 11 is 6.05. The highest BCUT2D eigenvalue weighted by molar-refractivity contribution is 6.31. The molecule has 0 aliphatic carbocycles. The minimum atomic E-state index is 0.481. The molecule has 122 valence electrons. The van der Waals surface area contributed by atoms with E-state index in [9.17, 15) is 0 Å². The molecule has 0 saturated carbocycles. The molecule has 0 unspecified atom stereocenters. The Hall–Kier alpha value is -2.08. The molecular weight excluding hydrogens is 316 g/mol. The average molecular weight is 335 g/mol. The predicted molar refractivity (Wildman–Crippen MR) is 88.3 cm³/mol. The van der Waals surface area contributed by atoms with Crippen LogP contribution >= 0.6 is 11.6 Å². The standard InChI is InChI=1S/C16H19ClN4O2/c1-22-14-4-8-19-16(20-14)21-9-5-12(6-10-21)11-23-15-13(17)3-2-7-18-15/h2-4,7-8,12H,5-6,9-11H2,1H3. The van der Waals surface area contributed by atoms with Crippen LogP contribution in [0.15, 0.2) is 30.6 Å². The topological polar surface area (TPSA) is 60.4 Å². The van der Waals surface area contributed by atoms with E-state index in [4.69, 9.17) is 21.1 Å². The quantitative estimate of drug-likeness (QED) is 0.838. The summed E-state index contributed by atoms with van der Waals surface area (Å²) in [6.07, 6.45) is 5.44. The van der Waals surface area contributed by atoms with Crippen LogP contribution in [0.5, 0.6) is 11.8 Å². The molecule has 7 heteroatoms. The fourth-order valence-electron chi connectivity index (χ4n) is 2.57. The fourth-order valence-corrected chi connectivity index (χ4v) is 2.75. The fraction of sp³-hybridized carbons (Fsp3) is 0.438.